The number of nitrogens with two attached hydrogens (primary N) is 1. The zero-order valence-electron chi connectivity index (χ0n) is 24.7. The van der Waals surface area contributed by atoms with Gasteiger partial charge in [0.2, 0.25) is 23.5 Å². The number of anilines is 2. The molecular formula is C28H36FN9O4S. The molecule has 0 radical (unpaired) electrons. The molecule has 15 heteroatoms. The van der Waals surface area contributed by atoms with Gasteiger partial charge in [-0.25, -0.2) is 4.39 Å². The van der Waals surface area contributed by atoms with E-state index in [9.17, 15) is 14.8 Å². The number of likely N-dealkylation sites (N-methyl/N-ethyl adjacent to an activating group) is 1. The summed E-state index contributed by atoms with van der Waals surface area (Å²) in [5.74, 6) is 0.852. The highest BCUT2D eigenvalue weighted by molar-refractivity contribution is 7.16. The first-order valence-electron chi connectivity index (χ1n) is 14.5. The third-order valence-corrected chi connectivity index (χ3v) is 9.65. The molecule has 2 saturated heterocycles. The van der Waals surface area contributed by atoms with Gasteiger partial charge in [0, 0.05) is 29.6 Å². The van der Waals surface area contributed by atoms with E-state index in [0.717, 1.165) is 23.3 Å². The van der Waals surface area contributed by atoms with Crippen molar-refractivity contribution in [1.82, 2.24) is 30.0 Å². The Morgan fingerprint density at radius 2 is 2.07 bits per heavy atom. The van der Waals surface area contributed by atoms with Crippen molar-refractivity contribution < 1.29 is 23.5 Å². The average Bonchev–Trinajstić information content (AvgIpc) is 3.64. The Morgan fingerprint density at radius 1 is 1.26 bits per heavy atom. The van der Waals surface area contributed by atoms with E-state index in [-0.39, 0.29) is 42.8 Å². The number of hydrogen-bond donors (Lipinski definition) is 2. The van der Waals surface area contributed by atoms with Crippen molar-refractivity contribution in [3.63, 3.8) is 0 Å². The zero-order valence-corrected chi connectivity index (χ0v) is 25.5. The van der Waals surface area contributed by atoms with E-state index in [1.54, 1.807) is 11.8 Å². The van der Waals surface area contributed by atoms with Crippen LogP contribution in [0, 0.1) is 11.3 Å². The molecule has 3 N–H and O–H groups in total. The number of ether oxygens (including phenoxy) is 2. The number of aromatic nitrogens is 5. The lowest BCUT2D eigenvalue weighted by Gasteiger charge is -2.30. The smallest absolute Gasteiger partial charge is 0.322 e. The Bertz CT molecular complexity index is 1540. The first-order chi connectivity index (χ1) is 20.5. The highest BCUT2D eigenvalue weighted by Gasteiger charge is 2.43. The molecule has 5 atom stereocenters. The molecule has 0 amide bonds. The van der Waals surface area contributed by atoms with Crippen molar-refractivity contribution in [2.75, 3.05) is 50.5 Å². The largest absolute Gasteiger partial charge is 0.459 e. The Labute approximate surface area is 252 Å². The van der Waals surface area contributed by atoms with Crippen LogP contribution in [0.1, 0.15) is 61.9 Å². The lowest BCUT2D eigenvalue weighted by Crippen LogP contribution is -2.42. The monoisotopic (exact) mass is 613 g/mol. The Hall–Kier alpha value is -3.45. The molecule has 3 aromatic heterocycles. The summed E-state index contributed by atoms with van der Waals surface area (Å²) in [4.78, 5) is 23.3. The number of nitriles is 1. The van der Waals surface area contributed by atoms with E-state index in [2.05, 4.69) is 26.2 Å². The van der Waals surface area contributed by atoms with Crippen molar-refractivity contribution in [2.45, 2.75) is 75.8 Å². The van der Waals surface area contributed by atoms with Crippen LogP contribution < -0.4 is 15.4 Å². The summed E-state index contributed by atoms with van der Waals surface area (Å²) >= 11 is 1.43. The van der Waals surface area contributed by atoms with Gasteiger partial charge in [-0.3, -0.25) is 4.90 Å². The summed E-state index contributed by atoms with van der Waals surface area (Å²) in [6.45, 7) is 7.06. The minimum atomic E-state index is -1.13. The number of aryl methyl sites for hydroxylation is 1. The fourth-order valence-electron chi connectivity index (χ4n) is 6.42. The minimum Gasteiger partial charge on any atom is -0.459 e. The molecule has 1 unspecified atom stereocenters. The maximum absolute atomic E-state index is 14.1. The number of nitrogen functional groups attached to an aromatic ring is 1. The first-order valence-corrected chi connectivity index (χ1v) is 15.3. The summed E-state index contributed by atoms with van der Waals surface area (Å²) in [7, 11) is 1.87. The number of rotatable bonds is 6. The molecule has 6 rings (SSSR count). The van der Waals surface area contributed by atoms with Gasteiger partial charge < -0.3 is 29.7 Å². The van der Waals surface area contributed by atoms with Gasteiger partial charge >= 0.3 is 6.01 Å². The molecule has 230 valence electrons. The second-order valence-corrected chi connectivity index (χ2v) is 13.4. The number of nitrogens with zero attached hydrogens (tertiary/aromatic N) is 8. The summed E-state index contributed by atoms with van der Waals surface area (Å²) in [6, 6.07) is 2.13. The van der Waals surface area contributed by atoms with Crippen LogP contribution in [0.5, 0.6) is 6.01 Å². The van der Waals surface area contributed by atoms with Crippen LogP contribution in [0.4, 0.5) is 15.3 Å². The summed E-state index contributed by atoms with van der Waals surface area (Å²) in [5.41, 5.74) is 5.65. The fourth-order valence-corrected chi connectivity index (χ4v) is 7.61. The summed E-state index contributed by atoms with van der Waals surface area (Å²) < 4.78 is 31.7. The number of aliphatic hydroxyl groups is 1. The minimum absolute atomic E-state index is 0.0305. The van der Waals surface area contributed by atoms with Gasteiger partial charge in [-0.05, 0) is 53.5 Å². The molecule has 1 aliphatic carbocycles. The normalized spacial score (nSPS) is 28.7. The van der Waals surface area contributed by atoms with Crippen LogP contribution in [0.15, 0.2) is 4.52 Å². The van der Waals surface area contributed by atoms with Gasteiger partial charge in [0.25, 0.3) is 0 Å². The molecule has 3 aromatic rings. The number of thiophene rings is 1. The van der Waals surface area contributed by atoms with Crippen molar-refractivity contribution in [3.8, 4) is 23.7 Å². The fraction of sp³-hybridized carbons (Fsp3) is 0.643. The van der Waals surface area contributed by atoms with E-state index in [1.165, 1.54) is 11.3 Å². The quantitative estimate of drug-likeness (QED) is 0.416. The Kier molecular flexibility index (Phi) is 7.74. The van der Waals surface area contributed by atoms with Crippen LogP contribution in [0.25, 0.3) is 11.6 Å². The van der Waals surface area contributed by atoms with E-state index >= 15 is 0 Å². The van der Waals surface area contributed by atoms with Gasteiger partial charge in [-0.15, -0.1) is 11.3 Å². The van der Waals surface area contributed by atoms with Crippen LogP contribution in [0.3, 0.4) is 0 Å². The van der Waals surface area contributed by atoms with E-state index in [4.69, 9.17) is 24.7 Å². The first kappa shape index (κ1) is 29.6. The maximum atomic E-state index is 14.1. The summed E-state index contributed by atoms with van der Waals surface area (Å²) in [6.07, 6.45) is 1.42. The van der Waals surface area contributed by atoms with Crippen LogP contribution in [-0.4, -0.2) is 98.9 Å². The highest BCUT2D eigenvalue weighted by Crippen LogP contribution is 2.48. The molecule has 43 heavy (non-hydrogen) atoms. The van der Waals surface area contributed by atoms with Crippen LogP contribution >= 0.6 is 11.3 Å². The van der Waals surface area contributed by atoms with Crippen LogP contribution in [-0.2, 0) is 16.6 Å². The lowest BCUT2D eigenvalue weighted by atomic mass is 9.72. The third-order valence-electron chi connectivity index (χ3n) is 8.57. The number of hydrogen-bond acceptors (Lipinski definition) is 14. The zero-order chi connectivity index (χ0) is 30.5. The van der Waals surface area contributed by atoms with E-state index < -0.39 is 23.3 Å². The molecule has 0 aromatic carbocycles. The second kappa shape index (κ2) is 11.2. The highest BCUT2D eigenvalue weighted by atomic mass is 32.1. The molecule has 0 spiro atoms. The second-order valence-electron chi connectivity index (χ2n) is 12.2. The molecule has 0 bridgehead atoms. The third kappa shape index (κ3) is 5.64. The number of alkyl halides is 1. The van der Waals surface area contributed by atoms with Crippen LogP contribution in [0.2, 0.25) is 0 Å². The maximum Gasteiger partial charge on any atom is 0.322 e. The standard InChI is InChI=1S/C28H36FN9O4S/c1-15(18-10-16(29)12-37(18)4)41-26-34-22(33-25(35-26)38-8-9-40-14-27(2,39)13-38)23-32-24(42-36-23)28(3)7-5-6-19-20(28)17(11-30)21(31)43-19/h15-16,18,39H,5-10,12-14,31H2,1-4H3/t15?,16-,18+,27-,28+/m1/s1. The molecule has 13 nitrogen and oxygen atoms in total. The van der Waals surface area contributed by atoms with Crippen molar-refractivity contribution in [1.29, 1.82) is 5.26 Å². The van der Waals surface area contributed by atoms with Gasteiger partial charge in [0.1, 0.15) is 28.9 Å². The van der Waals surface area contributed by atoms with Gasteiger partial charge in [-0.1, -0.05) is 5.16 Å². The lowest BCUT2D eigenvalue weighted by molar-refractivity contribution is -0.0123. The van der Waals surface area contributed by atoms with Gasteiger partial charge in [-0.2, -0.15) is 25.2 Å². The molecule has 3 aliphatic rings. The molecule has 2 fully saturated rings. The number of fused-ring (bicyclic) bond motifs is 1. The van der Waals surface area contributed by atoms with Crippen molar-refractivity contribution in [2.24, 2.45) is 0 Å². The van der Waals surface area contributed by atoms with Crippen molar-refractivity contribution >= 4 is 22.3 Å². The average molecular weight is 614 g/mol. The van der Waals surface area contributed by atoms with E-state index in [1.807, 2.05) is 25.8 Å². The van der Waals surface area contributed by atoms with E-state index in [0.29, 0.717) is 49.0 Å². The topological polar surface area (TPSA) is 173 Å². The summed E-state index contributed by atoms with van der Waals surface area (Å²) in [5, 5.41) is 25.4. The molecular weight excluding hydrogens is 577 g/mol. The van der Waals surface area contributed by atoms with Gasteiger partial charge in [0.05, 0.1) is 30.7 Å². The van der Waals surface area contributed by atoms with Gasteiger partial charge in [0.15, 0.2) is 0 Å². The number of likely N-dealkylation sites (tertiary alicyclic amines) is 1. The predicted octanol–water partition coefficient (Wildman–Crippen LogP) is 2.48. The predicted molar refractivity (Wildman–Crippen MR) is 156 cm³/mol. The number of halogens is 1. The molecule has 2 aliphatic heterocycles. The molecule has 5 heterocycles. The Morgan fingerprint density at radius 3 is 2.81 bits per heavy atom. The SMILES string of the molecule is CC(Oc1nc(-c2noc([C@@]3(C)CCCc4sc(N)c(C#N)c43)n2)nc(N2CCOC[C@](C)(O)C2)n1)[C@@H]1C[C@@H](F)CN1C. The van der Waals surface area contributed by atoms with Crippen molar-refractivity contribution in [3.05, 3.63) is 21.9 Å². The number of β-amino-alcohol motifs (C(OH)–C–C–N with tert-alkyl or cyclic N) is 1. The Balaban J connectivity index is 1.38. The molecule has 0 saturated carbocycles.